The molecule has 11 heteroatoms. The second-order valence-corrected chi connectivity index (χ2v) is 7.87. The summed E-state index contributed by atoms with van der Waals surface area (Å²) in [7, 11) is 0. The Hall–Kier alpha value is -4.05. The first-order valence-electron chi connectivity index (χ1n) is 10.2. The topological polar surface area (TPSA) is 89.5 Å². The Morgan fingerprint density at radius 1 is 1.06 bits per heavy atom. The summed E-state index contributed by atoms with van der Waals surface area (Å²) in [6, 6.07) is 11.3. The van der Waals surface area contributed by atoms with E-state index in [-0.39, 0.29) is 23.8 Å². The normalized spacial score (nSPS) is 12.7. The van der Waals surface area contributed by atoms with Crippen molar-refractivity contribution in [3.05, 3.63) is 76.5 Å². The lowest BCUT2D eigenvalue weighted by Gasteiger charge is -2.19. The molecular formula is C24H17ClF3N3O4. The zero-order valence-corrected chi connectivity index (χ0v) is 18.8. The third-order valence-corrected chi connectivity index (χ3v) is 5.12. The van der Waals surface area contributed by atoms with Gasteiger partial charge in [0.1, 0.15) is 29.7 Å². The van der Waals surface area contributed by atoms with E-state index in [1.54, 1.807) is 36.4 Å². The van der Waals surface area contributed by atoms with Crippen molar-refractivity contribution >= 4 is 41.0 Å². The van der Waals surface area contributed by atoms with Gasteiger partial charge in [0.15, 0.2) is 0 Å². The minimum absolute atomic E-state index is 0.0526. The van der Waals surface area contributed by atoms with E-state index < -0.39 is 22.7 Å². The molecule has 2 aromatic carbocycles. The summed E-state index contributed by atoms with van der Waals surface area (Å²) in [4.78, 5) is 27.9. The van der Waals surface area contributed by atoms with Gasteiger partial charge in [-0.3, -0.25) is 9.59 Å². The number of ether oxygens (including phenoxy) is 2. The van der Waals surface area contributed by atoms with Crippen LogP contribution in [-0.2, 0) is 15.8 Å². The van der Waals surface area contributed by atoms with Crippen LogP contribution in [0.3, 0.4) is 0 Å². The van der Waals surface area contributed by atoms with E-state index in [1.807, 2.05) is 0 Å². The van der Waals surface area contributed by atoms with Gasteiger partial charge in [-0.25, -0.2) is 4.98 Å². The number of pyridine rings is 1. The average Bonchev–Trinajstić information content (AvgIpc) is 2.79. The van der Waals surface area contributed by atoms with Crippen LogP contribution in [0.1, 0.15) is 18.1 Å². The van der Waals surface area contributed by atoms with Gasteiger partial charge in [-0.15, -0.1) is 0 Å². The lowest BCUT2D eigenvalue weighted by molar-refractivity contribution is -0.137. The highest BCUT2D eigenvalue weighted by Crippen LogP contribution is 2.37. The molecule has 4 rings (SSSR count). The van der Waals surface area contributed by atoms with Gasteiger partial charge in [0, 0.05) is 30.4 Å². The van der Waals surface area contributed by atoms with Gasteiger partial charge in [-0.1, -0.05) is 11.6 Å². The van der Waals surface area contributed by atoms with Crippen molar-refractivity contribution in [2.75, 3.05) is 17.2 Å². The molecule has 0 unspecified atom stereocenters. The molecule has 35 heavy (non-hydrogen) atoms. The number of nitrogens with zero attached hydrogens (tertiary/aromatic N) is 1. The lowest BCUT2D eigenvalue weighted by Crippen LogP contribution is -2.21. The monoisotopic (exact) mass is 503 g/mol. The van der Waals surface area contributed by atoms with Crippen molar-refractivity contribution in [3.63, 3.8) is 0 Å². The molecular weight excluding hydrogens is 487 g/mol. The molecule has 2 N–H and O–H groups in total. The molecule has 0 aliphatic carbocycles. The van der Waals surface area contributed by atoms with Crippen molar-refractivity contribution in [1.82, 2.24) is 4.98 Å². The van der Waals surface area contributed by atoms with Crippen LogP contribution in [0.25, 0.3) is 6.08 Å². The molecule has 0 fully saturated rings. The summed E-state index contributed by atoms with van der Waals surface area (Å²) in [6.07, 6.45) is -1.61. The molecule has 1 aliphatic heterocycles. The second kappa shape index (κ2) is 9.67. The minimum atomic E-state index is -4.65. The maximum absolute atomic E-state index is 13.1. The number of carbonyl (C=O) groups excluding carboxylic acids is 2. The summed E-state index contributed by atoms with van der Waals surface area (Å²) in [5.41, 5.74) is -0.351. The highest BCUT2D eigenvalue weighted by Gasteiger charge is 2.33. The van der Waals surface area contributed by atoms with E-state index in [1.165, 1.54) is 19.2 Å². The van der Waals surface area contributed by atoms with Crippen LogP contribution >= 0.6 is 11.6 Å². The molecule has 2 amide bonds. The van der Waals surface area contributed by atoms with Gasteiger partial charge >= 0.3 is 6.18 Å². The van der Waals surface area contributed by atoms with Crippen molar-refractivity contribution in [2.45, 2.75) is 13.1 Å². The van der Waals surface area contributed by atoms with Crippen LogP contribution in [0.5, 0.6) is 17.2 Å². The van der Waals surface area contributed by atoms with Crippen LogP contribution in [0.2, 0.25) is 5.02 Å². The van der Waals surface area contributed by atoms with Crippen molar-refractivity contribution in [3.8, 4) is 17.2 Å². The molecule has 0 saturated heterocycles. The highest BCUT2D eigenvalue weighted by molar-refractivity contribution is 6.31. The molecule has 1 aromatic heterocycles. The van der Waals surface area contributed by atoms with Crippen LogP contribution in [0.4, 0.5) is 24.7 Å². The largest absolute Gasteiger partial charge is 0.488 e. The Morgan fingerprint density at radius 2 is 1.83 bits per heavy atom. The van der Waals surface area contributed by atoms with Crippen molar-refractivity contribution < 1.29 is 32.2 Å². The third kappa shape index (κ3) is 5.90. The number of aromatic nitrogens is 1. The first-order chi connectivity index (χ1) is 16.6. The Labute approximate surface area is 202 Å². The quantitative estimate of drug-likeness (QED) is 0.451. The summed E-state index contributed by atoms with van der Waals surface area (Å²) < 4.78 is 50.7. The molecule has 0 atom stereocenters. The molecule has 3 aromatic rings. The molecule has 0 saturated carbocycles. The van der Waals surface area contributed by atoms with E-state index in [2.05, 4.69) is 15.6 Å². The minimum Gasteiger partial charge on any atom is -0.488 e. The molecule has 1 aliphatic rings. The maximum atomic E-state index is 13.1. The summed E-state index contributed by atoms with van der Waals surface area (Å²) in [5.74, 6) is 0.791. The number of rotatable bonds is 5. The molecule has 0 spiro atoms. The number of amides is 2. The van der Waals surface area contributed by atoms with Gasteiger partial charge in [0.2, 0.25) is 5.91 Å². The van der Waals surface area contributed by atoms with Gasteiger partial charge in [0.25, 0.3) is 5.91 Å². The fourth-order valence-electron chi connectivity index (χ4n) is 3.24. The Kier molecular flexibility index (Phi) is 6.65. The maximum Gasteiger partial charge on any atom is 0.417 e. The number of fused-ring (bicyclic) bond motifs is 1. The fourth-order valence-corrected chi connectivity index (χ4v) is 3.47. The van der Waals surface area contributed by atoms with E-state index >= 15 is 0 Å². The first kappa shape index (κ1) is 24.1. The SMILES string of the molecule is CC(=O)Nc1cc(Oc2ccc3c(c2)C=C(C(=O)Nc2ccc(Cl)c(C(F)(F)F)c2)CO3)ccn1. The molecule has 0 bridgehead atoms. The van der Waals surface area contributed by atoms with E-state index in [4.69, 9.17) is 21.1 Å². The smallest absolute Gasteiger partial charge is 0.417 e. The van der Waals surface area contributed by atoms with Gasteiger partial charge < -0.3 is 20.1 Å². The lowest BCUT2D eigenvalue weighted by atomic mass is 10.1. The van der Waals surface area contributed by atoms with Crippen LogP contribution in [0.15, 0.2) is 60.3 Å². The van der Waals surface area contributed by atoms with E-state index in [0.717, 1.165) is 12.1 Å². The number of nitrogens with one attached hydrogen (secondary N) is 2. The first-order valence-corrected chi connectivity index (χ1v) is 10.5. The molecule has 2 heterocycles. The standard InChI is InChI=1S/C24H17ClF3N3O4/c1-13(32)30-22-11-18(6-7-29-22)35-17-3-5-21-14(9-17)8-15(12-34-21)23(33)31-16-2-4-20(25)19(10-16)24(26,27)28/h2-11H,12H2,1H3,(H,31,33)(H,29,30,32). The average molecular weight is 504 g/mol. The highest BCUT2D eigenvalue weighted by atomic mass is 35.5. The molecule has 180 valence electrons. The van der Waals surface area contributed by atoms with E-state index in [9.17, 15) is 22.8 Å². The zero-order chi connectivity index (χ0) is 25.2. The summed E-state index contributed by atoms with van der Waals surface area (Å²) >= 11 is 5.63. The predicted octanol–water partition coefficient (Wildman–Crippen LogP) is 5.92. The van der Waals surface area contributed by atoms with Crippen LogP contribution in [0, 0.1) is 0 Å². The van der Waals surface area contributed by atoms with Gasteiger partial charge in [-0.2, -0.15) is 13.2 Å². The van der Waals surface area contributed by atoms with E-state index in [0.29, 0.717) is 28.6 Å². The summed E-state index contributed by atoms with van der Waals surface area (Å²) in [5, 5.41) is 4.54. The third-order valence-electron chi connectivity index (χ3n) is 4.79. The number of benzene rings is 2. The Morgan fingerprint density at radius 3 is 2.57 bits per heavy atom. The van der Waals surface area contributed by atoms with Gasteiger partial charge in [-0.05, 0) is 48.5 Å². The van der Waals surface area contributed by atoms with Crippen molar-refractivity contribution in [2.24, 2.45) is 0 Å². The fraction of sp³-hybridized carbons (Fsp3) is 0.125. The number of alkyl halides is 3. The zero-order valence-electron chi connectivity index (χ0n) is 18.1. The number of carbonyl (C=O) groups is 2. The number of hydrogen-bond donors (Lipinski definition) is 2. The van der Waals surface area contributed by atoms with Crippen molar-refractivity contribution in [1.29, 1.82) is 0 Å². The Bertz CT molecular complexity index is 1340. The van der Waals surface area contributed by atoms with Crippen LogP contribution < -0.4 is 20.1 Å². The summed E-state index contributed by atoms with van der Waals surface area (Å²) in [6.45, 7) is 1.30. The molecule has 7 nitrogen and oxygen atoms in total. The predicted molar refractivity (Wildman–Crippen MR) is 124 cm³/mol. The second-order valence-electron chi connectivity index (χ2n) is 7.46. The molecule has 0 radical (unpaired) electrons. The number of anilines is 2. The number of hydrogen-bond acceptors (Lipinski definition) is 5. The Balaban J connectivity index is 1.52. The van der Waals surface area contributed by atoms with Crippen LogP contribution in [-0.4, -0.2) is 23.4 Å². The number of halogens is 4. The van der Waals surface area contributed by atoms with Gasteiger partial charge in [0.05, 0.1) is 16.2 Å².